The molecule has 5 aromatic rings. The van der Waals surface area contributed by atoms with E-state index in [9.17, 15) is 14.4 Å². The molecule has 1 aromatic heterocycles. The van der Waals surface area contributed by atoms with Crippen LogP contribution in [0.3, 0.4) is 0 Å². The normalized spacial score (nSPS) is 13.1. The summed E-state index contributed by atoms with van der Waals surface area (Å²) in [6.07, 6.45) is 0. The number of carbonyl (C=O) groups excluding carboxylic acids is 3. The summed E-state index contributed by atoms with van der Waals surface area (Å²) in [5.74, 6) is -0.120. The van der Waals surface area contributed by atoms with Gasteiger partial charge in [-0.2, -0.15) is 0 Å². The highest BCUT2D eigenvalue weighted by atomic mass is 32.2. The molecule has 0 spiro atoms. The first-order chi connectivity index (χ1) is 18.4. The monoisotopic (exact) mass is 537 g/mol. The Kier molecular flexibility index (Phi) is 6.21. The highest BCUT2D eigenvalue weighted by Gasteiger charge is 2.34. The van der Waals surface area contributed by atoms with Crippen LogP contribution in [-0.2, 0) is 4.79 Å². The van der Waals surface area contributed by atoms with Gasteiger partial charge in [0.2, 0.25) is 5.91 Å². The molecule has 0 radical (unpaired) electrons. The average molecular weight is 538 g/mol. The Morgan fingerprint density at radius 2 is 1.63 bits per heavy atom. The van der Waals surface area contributed by atoms with Gasteiger partial charge in [-0.1, -0.05) is 62.0 Å². The van der Waals surface area contributed by atoms with Gasteiger partial charge in [0.1, 0.15) is 0 Å². The lowest BCUT2D eigenvalue weighted by Gasteiger charge is -2.27. The minimum absolute atomic E-state index is 0.107. The Morgan fingerprint density at radius 3 is 2.29 bits per heavy atom. The summed E-state index contributed by atoms with van der Waals surface area (Å²) >= 11 is 2.79. The number of aromatic nitrogens is 1. The highest BCUT2D eigenvalue weighted by Crippen LogP contribution is 2.36. The van der Waals surface area contributed by atoms with Gasteiger partial charge in [-0.15, -0.1) is 11.3 Å². The van der Waals surface area contributed by atoms with Crippen molar-refractivity contribution < 1.29 is 14.4 Å². The molecule has 1 N–H and O–H groups in total. The Labute approximate surface area is 227 Å². The fourth-order valence-corrected chi connectivity index (χ4v) is 6.54. The second-order valence-electron chi connectivity index (χ2n) is 9.40. The van der Waals surface area contributed by atoms with E-state index in [1.54, 1.807) is 18.2 Å². The number of hydrogen-bond acceptors (Lipinski definition) is 6. The smallest absolute Gasteiger partial charge is 0.265 e. The van der Waals surface area contributed by atoms with E-state index >= 15 is 0 Å². The lowest BCUT2D eigenvalue weighted by molar-refractivity contribution is -0.113. The van der Waals surface area contributed by atoms with Crippen molar-refractivity contribution in [3.05, 3.63) is 95.6 Å². The third-order valence-electron chi connectivity index (χ3n) is 6.57. The predicted molar refractivity (Wildman–Crippen MR) is 155 cm³/mol. The molecule has 6 rings (SSSR count). The fourth-order valence-electron chi connectivity index (χ4n) is 4.63. The van der Waals surface area contributed by atoms with Crippen molar-refractivity contribution >= 4 is 73.2 Å². The van der Waals surface area contributed by atoms with Crippen LogP contribution >= 0.6 is 23.1 Å². The van der Waals surface area contributed by atoms with Crippen LogP contribution in [0.5, 0.6) is 0 Å². The summed E-state index contributed by atoms with van der Waals surface area (Å²) < 4.78 is 1.58. The van der Waals surface area contributed by atoms with Crippen molar-refractivity contribution in [3.8, 4) is 0 Å². The van der Waals surface area contributed by atoms with Crippen molar-refractivity contribution in [2.75, 3.05) is 16.0 Å². The van der Waals surface area contributed by atoms with Crippen LogP contribution < -0.4 is 10.2 Å². The number of thioether (sulfide) groups is 1. The summed E-state index contributed by atoms with van der Waals surface area (Å²) in [4.78, 5) is 45.1. The van der Waals surface area contributed by atoms with Gasteiger partial charge in [0, 0.05) is 22.2 Å². The number of amides is 3. The van der Waals surface area contributed by atoms with Crippen LogP contribution in [0, 0.1) is 0 Å². The topological polar surface area (TPSA) is 79.4 Å². The van der Waals surface area contributed by atoms with E-state index in [0.717, 1.165) is 25.6 Å². The Balaban J connectivity index is 1.19. The standard InChI is InChI=1S/C30H23N3O3S2/c1-17(2)18-9-11-20(12-10-18)31-26(34)16-37-30-32-24-14-13-21(15-25(24)38-30)33-28(35)22-7-3-5-19-6-4-8-23(27(19)22)29(33)36/h3-15,17H,16H2,1-2H3,(H,31,34). The molecule has 0 bridgehead atoms. The maximum absolute atomic E-state index is 13.4. The number of rotatable bonds is 6. The van der Waals surface area contributed by atoms with Gasteiger partial charge in [0.25, 0.3) is 11.8 Å². The maximum atomic E-state index is 13.4. The van der Waals surface area contributed by atoms with Crippen LogP contribution in [0.4, 0.5) is 11.4 Å². The SMILES string of the molecule is CC(C)c1ccc(NC(=O)CSc2nc3ccc(N4C(=O)c5cccc6cccc(c56)C4=O)cc3s2)cc1. The first kappa shape index (κ1) is 24.3. The summed E-state index contributed by atoms with van der Waals surface area (Å²) in [6, 6.07) is 24.2. The quantitative estimate of drug-likeness (QED) is 0.185. The van der Waals surface area contributed by atoms with Crippen LogP contribution in [0.2, 0.25) is 0 Å². The van der Waals surface area contributed by atoms with Crippen LogP contribution in [0.25, 0.3) is 21.0 Å². The molecule has 3 amide bonds. The van der Waals surface area contributed by atoms with E-state index in [2.05, 4.69) is 24.1 Å². The van der Waals surface area contributed by atoms with Gasteiger partial charge in [-0.25, -0.2) is 9.88 Å². The van der Waals surface area contributed by atoms with Crippen LogP contribution in [-0.4, -0.2) is 28.5 Å². The van der Waals surface area contributed by atoms with Crippen molar-refractivity contribution in [2.24, 2.45) is 0 Å². The molecule has 6 nitrogen and oxygen atoms in total. The van der Waals surface area contributed by atoms with E-state index in [1.165, 1.54) is 33.6 Å². The number of carbonyl (C=O) groups is 3. The van der Waals surface area contributed by atoms with E-state index in [0.29, 0.717) is 28.1 Å². The van der Waals surface area contributed by atoms with Gasteiger partial charge < -0.3 is 5.32 Å². The zero-order chi connectivity index (χ0) is 26.4. The largest absolute Gasteiger partial charge is 0.325 e. The molecule has 0 saturated heterocycles. The molecule has 0 aliphatic carbocycles. The van der Waals surface area contributed by atoms with E-state index in [4.69, 9.17) is 0 Å². The van der Waals surface area contributed by atoms with Gasteiger partial charge in [0.05, 0.1) is 21.7 Å². The molecule has 2 heterocycles. The number of fused-ring (bicyclic) bond motifs is 1. The van der Waals surface area contributed by atoms with Crippen molar-refractivity contribution in [1.29, 1.82) is 0 Å². The number of nitrogens with zero attached hydrogens (tertiary/aromatic N) is 2. The second kappa shape index (κ2) is 9.70. The minimum atomic E-state index is -0.337. The molecule has 0 saturated carbocycles. The van der Waals surface area contributed by atoms with Gasteiger partial charge >= 0.3 is 0 Å². The zero-order valence-corrected chi connectivity index (χ0v) is 22.4. The molecule has 188 valence electrons. The summed E-state index contributed by atoms with van der Waals surface area (Å²) in [7, 11) is 0. The lowest BCUT2D eigenvalue weighted by atomic mass is 9.94. The zero-order valence-electron chi connectivity index (χ0n) is 20.7. The summed E-state index contributed by atoms with van der Waals surface area (Å²) in [5.41, 5.74) is 4.28. The molecule has 1 aliphatic rings. The minimum Gasteiger partial charge on any atom is -0.325 e. The fraction of sp³-hybridized carbons (Fsp3) is 0.133. The van der Waals surface area contributed by atoms with Gasteiger partial charge in [-0.3, -0.25) is 14.4 Å². The predicted octanol–water partition coefficient (Wildman–Crippen LogP) is 7.10. The molecular formula is C30H23N3O3S2. The second-order valence-corrected chi connectivity index (χ2v) is 11.7. The number of benzene rings is 4. The molecule has 8 heteroatoms. The summed E-state index contributed by atoms with van der Waals surface area (Å²) in [5, 5.41) is 4.50. The van der Waals surface area contributed by atoms with Crippen molar-refractivity contribution in [3.63, 3.8) is 0 Å². The van der Waals surface area contributed by atoms with Crippen LogP contribution in [0.15, 0.2) is 83.2 Å². The van der Waals surface area contributed by atoms with Crippen molar-refractivity contribution in [1.82, 2.24) is 4.98 Å². The molecule has 1 aliphatic heterocycles. The molecule has 0 atom stereocenters. The van der Waals surface area contributed by atoms with E-state index in [1.807, 2.05) is 60.7 Å². The highest BCUT2D eigenvalue weighted by molar-refractivity contribution is 8.01. The third kappa shape index (κ3) is 4.36. The van der Waals surface area contributed by atoms with Gasteiger partial charge in [-0.05, 0) is 59.3 Å². The first-order valence-corrected chi connectivity index (χ1v) is 14.0. The van der Waals surface area contributed by atoms with Gasteiger partial charge in [0.15, 0.2) is 4.34 Å². The number of nitrogens with one attached hydrogen (secondary N) is 1. The Hall–Kier alpha value is -4.01. The number of anilines is 2. The number of hydrogen-bond donors (Lipinski definition) is 1. The third-order valence-corrected chi connectivity index (χ3v) is 8.73. The Bertz CT molecular complexity index is 1690. The van der Waals surface area contributed by atoms with Crippen molar-refractivity contribution in [2.45, 2.75) is 24.1 Å². The molecule has 38 heavy (non-hydrogen) atoms. The summed E-state index contributed by atoms with van der Waals surface area (Å²) in [6.45, 7) is 4.26. The lowest BCUT2D eigenvalue weighted by Crippen LogP contribution is -2.40. The molecule has 0 unspecified atom stereocenters. The van der Waals surface area contributed by atoms with Crippen LogP contribution in [0.1, 0.15) is 46.0 Å². The molecular weight excluding hydrogens is 514 g/mol. The number of thiazole rings is 1. The Morgan fingerprint density at radius 1 is 0.947 bits per heavy atom. The first-order valence-electron chi connectivity index (χ1n) is 12.2. The number of imide groups is 1. The average Bonchev–Trinajstić information content (AvgIpc) is 3.33. The van der Waals surface area contributed by atoms with E-state index in [-0.39, 0.29) is 23.5 Å². The maximum Gasteiger partial charge on any atom is 0.265 e. The molecule has 4 aromatic carbocycles. The van der Waals surface area contributed by atoms with E-state index < -0.39 is 0 Å². The molecule has 0 fully saturated rings.